The van der Waals surface area contributed by atoms with E-state index in [0.29, 0.717) is 17.0 Å². The second-order valence-corrected chi connectivity index (χ2v) is 6.69. The van der Waals surface area contributed by atoms with E-state index < -0.39 is 30.2 Å². The van der Waals surface area contributed by atoms with Crippen LogP contribution in [-0.4, -0.2) is 31.2 Å². The molecular formula is C21H20ClNO5. The zero-order chi connectivity index (χ0) is 20.1. The van der Waals surface area contributed by atoms with E-state index in [4.69, 9.17) is 31.5 Å². The molecular weight excluding hydrogens is 382 g/mol. The zero-order valence-corrected chi connectivity index (χ0v) is 16.0. The fraction of sp³-hybridized carbons (Fsp3) is 0.238. The van der Waals surface area contributed by atoms with E-state index in [2.05, 4.69) is 0 Å². The summed E-state index contributed by atoms with van der Waals surface area (Å²) in [5.41, 5.74) is 7.45. The van der Waals surface area contributed by atoms with Crippen molar-refractivity contribution in [1.29, 1.82) is 0 Å². The van der Waals surface area contributed by atoms with Gasteiger partial charge in [-0.15, -0.1) is 0 Å². The summed E-state index contributed by atoms with van der Waals surface area (Å²) in [6, 6.07) is 15.3. The predicted molar refractivity (Wildman–Crippen MR) is 103 cm³/mol. The number of benzene rings is 2. The number of nitrogens with two attached hydrogens (primary N) is 1. The van der Waals surface area contributed by atoms with Gasteiger partial charge in [-0.25, -0.2) is 4.79 Å². The average Bonchev–Trinajstić information content (AvgIpc) is 3.08. The van der Waals surface area contributed by atoms with Gasteiger partial charge in [0.25, 0.3) is 0 Å². The van der Waals surface area contributed by atoms with Crippen LogP contribution in [0.2, 0.25) is 5.02 Å². The monoisotopic (exact) mass is 401 g/mol. The Morgan fingerprint density at radius 3 is 2.54 bits per heavy atom. The minimum atomic E-state index is -0.985. The van der Waals surface area contributed by atoms with Crippen molar-refractivity contribution in [2.75, 3.05) is 7.11 Å². The molecule has 0 aliphatic carbocycles. The van der Waals surface area contributed by atoms with E-state index >= 15 is 0 Å². The van der Waals surface area contributed by atoms with Gasteiger partial charge in [-0.2, -0.15) is 0 Å². The maximum Gasteiger partial charge on any atom is 0.335 e. The van der Waals surface area contributed by atoms with E-state index in [1.807, 2.05) is 30.3 Å². The number of cyclic esters (lactones) is 1. The molecule has 0 bridgehead atoms. The van der Waals surface area contributed by atoms with Gasteiger partial charge in [0, 0.05) is 10.6 Å². The van der Waals surface area contributed by atoms with Crippen molar-refractivity contribution in [2.45, 2.75) is 24.7 Å². The molecule has 1 aliphatic rings. The SMILES string of the molecule is COC1=CC(=O)OC1C(OC(=O)[C@@H](N)Cc1ccccc1)c1ccccc1Cl. The van der Waals surface area contributed by atoms with Crippen molar-refractivity contribution in [3.8, 4) is 0 Å². The first-order valence-electron chi connectivity index (χ1n) is 8.70. The van der Waals surface area contributed by atoms with Crippen molar-refractivity contribution < 1.29 is 23.8 Å². The maximum atomic E-state index is 12.7. The smallest absolute Gasteiger partial charge is 0.335 e. The van der Waals surface area contributed by atoms with Crippen LogP contribution in [0.15, 0.2) is 66.4 Å². The van der Waals surface area contributed by atoms with E-state index in [1.54, 1.807) is 24.3 Å². The topological polar surface area (TPSA) is 87.9 Å². The molecule has 3 rings (SSSR count). The third-order valence-electron chi connectivity index (χ3n) is 4.35. The van der Waals surface area contributed by atoms with Crippen molar-refractivity contribution >= 4 is 23.5 Å². The van der Waals surface area contributed by atoms with Gasteiger partial charge in [0.05, 0.1) is 13.2 Å². The largest absolute Gasteiger partial charge is 0.497 e. The fourth-order valence-corrected chi connectivity index (χ4v) is 3.20. The molecule has 2 N–H and O–H groups in total. The summed E-state index contributed by atoms with van der Waals surface area (Å²) in [7, 11) is 1.41. The van der Waals surface area contributed by atoms with E-state index in [0.717, 1.165) is 5.56 Å². The summed E-state index contributed by atoms with van der Waals surface area (Å²) in [5.74, 6) is -0.963. The van der Waals surface area contributed by atoms with Crippen LogP contribution in [0.4, 0.5) is 0 Å². The van der Waals surface area contributed by atoms with Crippen molar-refractivity contribution in [3.63, 3.8) is 0 Å². The highest BCUT2D eigenvalue weighted by Crippen LogP contribution is 2.35. The van der Waals surface area contributed by atoms with Crippen molar-refractivity contribution in [3.05, 3.63) is 82.6 Å². The summed E-state index contributed by atoms with van der Waals surface area (Å²) < 4.78 is 16.2. The van der Waals surface area contributed by atoms with Gasteiger partial charge in [0.15, 0.2) is 12.2 Å². The van der Waals surface area contributed by atoms with Crippen LogP contribution < -0.4 is 5.73 Å². The molecule has 28 heavy (non-hydrogen) atoms. The first-order chi connectivity index (χ1) is 13.5. The molecule has 0 fully saturated rings. The molecule has 146 valence electrons. The van der Waals surface area contributed by atoms with Gasteiger partial charge >= 0.3 is 11.9 Å². The first kappa shape index (κ1) is 19.9. The molecule has 0 aromatic heterocycles. The summed E-state index contributed by atoms with van der Waals surface area (Å²) >= 11 is 6.29. The van der Waals surface area contributed by atoms with Crippen LogP contribution in [0.5, 0.6) is 0 Å². The van der Waals surface area contributed by atoms with Gasteiger partial charge in [0.1, 0.15) is 11.8 Å². The number of halogens is 1. The second kappa shape index (κ2) is 8.91. The lowest BCUT2D eigenvalue weighted by molar-refractivity contribution is -0.163. The standard InChI is InChI=1S/C21H20ClNO5/c1-26-17-12-18(24)27-20(17)19(14-9-5-6-10-15(14)22)28-21(25)16(23)11-13-7-3-2-4-8-13/h2-10,12,16,19-20H,11,23H2,1H3/t16-,19?,20?/m0/s1. The van der Waals surface area contributed by atoms with Crippen LogP contribution in [-0.2, 0) is 30.2 Å². The van der Waals surface area contributed by atoms with Gasteiger partial charge in [-0.1, -0.05) is 60.1 Å². The molecule has 1 aliphatic heterocycles. The molecule has 0 saturated heterocycles. The minimum Gasteiger partial charge on any atom is -0.497 e. The molecule has 2 aromatic carbocycles. The molecule has 0 amide bonds. The summed E-state index contributed by atoms with van der Waals surface area (Å²) in [5, 5.41) is 0.371. The summed E-state index contributed by atoms with van der Waals surface area (Å²) in [4.78, 5) is 24.4. The van der Waals surface area contributed by atoms with Crippen LogP contribution >= 0.6 is 11.6 Å². The third kappa shape index (κ3) is 4.52. The zero-order valence-electron chi connectivity index (χ0n) is 15.2. The Bertz CT molecular complexity index is 883. The average molecular weight is 402 g/mol. The van der Waals surface area contributed by atoms with Gasteiger partial charge in [0.2, 0.25) is 0 Å². The van der Waals surface area contributed by atoms with Gasteiger partial charge in [-0.05, 0) is 18.1 Å². The Kier molecular flexibility index (Phi) is 6.34. The maximum absolute atomic E-state index is 12.7. The Hall–Kier alpha value is -2.83. The summed E-state index contributed by atoms with van der Waals surface area (Å²) in [6.07, 6.45) is -0.399. The number of rotatable bonds is 7. The molecule has 6 nitrogen and oxygen atoms in total. The Morgan fingerprint density at radius 1 is 1.18 bits per heavy atom. The number of esters is 2. The molecule has 7 heteroatoms. The number of hydrogen-bond donors (Lipinski definition) is 1. The van der Waals surface area contributed by atoms with Gasteiger partial charge in [-0.3, -0.25) is 4.79 Å². The van der Waals surface area contributed by atoms with E-state index in [-0.39, 0.29) is 5.76 Å². The molecule has 0 spiro atoms. The van der Waals surface area contributed by atoms with Crippen molar-refractivity contribution in [2.24, 2.45) is 5.73 Å². The highest BCUT2D eigenvalue weighted by atomic mass is 35.5. The van der Waals surface area contributed by atoms with E-state index in [1.165, 1.54) is 13.2 Å². The lowest BCUT2D eigenvalue weighted by atomic mass is 10.0. The third-order valence-corrected chi connectivity index (χ3v) is 4.69. The Balaban J connectivity index is 1.83. The molecule has 0 saturated carbocycles. The number of carbonyl (C=O) groups excluding carboxylic acids is 2. The molecule has 0 radical (unpaired) electrons. The molecule has 2 aromatic rings. The van der Waals surface area contributed by atoms with Gasteiger partial charge < -0.3 is 19.9 Å². The first-order valence-corrected chi connectivity index (χ1v) is 9.08. The molecule has 3 atom stereocenters. The predicted octanol–water partition coefficient (Wildman–Crippen LogP) is 2.95. The quantitative estimate of drug-likeness (QED) is 0.717. The number of methoxy groups -OCH3 is 1. The number of ether oxygens (including phenoxy) is 3. The molecule has 1 heterocycles. The van der Waals surface area contributed by atoms with Crippen LogP contribution in [0, 0.1) is 0 Å². The van der Waals surface area contributed by atoms with Crippen molar-refractivity contribution in [1.82, 2.24) is 0 Å². The highest BCUT2D eigenvalue weighted by Gasteiger charge is 2.40. The Morgan fingerprint density at radius 2 is 1.86 bits per heavy atom. The Labute approximate surface area is 167 Å². The lowest BCUT2D eigenvalue weighted by Gasteiger charge is -2.26. The fourth-order valence-electron chi connectivity index (χ4n) is 2.96. The second-order valence-electron chi connectivity index (χ2n) is 6.28. The van der Waals surface area contributed by atoms with Crippen LogP contribution in [0.1, 0.15) is 17.2 Å². The van der Waals surface area contributed by atoms with Crippen LogP contribution in [0.3, 0.4) is 0 Å². The molecule has 2 unspecified atom stereocenters. The summed E-state index contributed by atoms with van der Waals surface area (Å²) in [6.45, 7) is 0. The van der Waals surface area contributed by atoms with Crippen LogP contribution in [0.25, 0.3) is 0 Å². The minimum absolute atomic E-state index is 0.249. The highest BCUT2D eigenvalue weighted by molar-refractivity contribution is 6.31. The lowest BCUT2D eigenvalue weighted by Crippen LogP contribution is -2.38. The number of hydrogen-bond acceptors (Lipinski definition) is 6. The van der Waals surface area contributed by atoms with E-state index in [9.17, 15) is 9.59 Å². The normalized spacial score (nSPS) is 18.0. The number of carbonyl (C=O) groups is 2.